The van der Waals surface area contributed by atoms with Crippen LogP contribution in [0.15, 0.2) is 42.7 Å². The van der Waals surface area contributed by atoms with Crippen molar-refractivity contribution in [3.8, 4) is 0 Å². The van der Waals surface area contributed by atoms with Crippen molar-refractivity contribution >= 4 is 34.5 Å². The zero-order chi connectivity index (χ0) is 23.1. The van der Waals surface area contributed by atoms with Gasteiger partial charge in [-0.1, -0.05) is 17.7 Å². The second-order valence-corrected chi connectivity index (χ2v) is 9.26. The Balaban J connectivity index is 1.44. The lowest BCUT2D eigenvalue weighted by atomic mass is 9.82. The van der Waals surface area contributed by atoms with E-state index in [9.17, 15) is 14.7 Å². The van der Waals surface area contributed by atoms with Crippen LogP contribution in [-0.2, 0) is 12.8 Å². The van der Waals surface area contributed by atoms with Crippen LogP contribution in [-0.4, -0.2) is 62.6 Å². The van der Waals surface area contributed by atoms with Gasteiger partial charge in [0.1, 0.15) is 0 Å². The topological polar surface area (TPSA) is 86.6 Å². The average molecular weight is 465 g/mol. The molecule has 8 heteroatoms. The minimum atomic E-state index is -0.951. The van der Waals surface area contributed by atoms with E-state index < -0.39 is 6.09 Å². The zero-order valence-corrected chi connectivity index (χ0v) is 19.1. The summed E-state index contributed by atoms with van der Waals surface area (Å²) in [7, 11) is 0. The molecule has 1 aliphatic heterocycles. The van der Waals surface area contributed by atoms with Crippen LogP contribution in [0.3, 0.4) is 0 Å². The summed E-state index contributed by atoms with van der Waals surface area (Å²) < 4.78 is 0. The summed E-state index contributed by atoms with van der Waals surface area (Å²) in [5.41, 5.74) is 4.62. The number of aromatic nitrogens is 2. The van der Waals surface area contributed by atoms with E-state index in [4.69, 9.17) is 16.6 Å². The van der Waals surface area contributed by atoms with Crippen LogP contribution in [0.4, 0.5) is 4.79 Å². The van der Waals surface area contributed by atoms with E-state index in [0.717, 1.165) is 46.4 Å². The van der Waals surface area contributed by atoms with E-state index in [-0.39, 0.29) is 11.9 Å². The minimum absolute atomic E-state index is 0.111. The maximum Gasteiger partial charge on any atom is 0.407 e. The van der Waals surface area contributed by atoms with Gasteiger partial charge < -0.3 is 14.9 Å². The number of hydrogen-bond donors (Lipinski definition) is 1. The van der Waals surface area contributed by atoms with Crippen LogP contribution < -0.4 is 0 Å². The lowest BCUT2D eigenvalue weighted by Gasteiger charge is -2.38. The summed E-state index contributed by atoms with van der Waals surface area (Å²) in [6.07, 6.45) is 5.38. The molecule has 33 heavy (non-hydrogen) atoms. The van der Waals surface area contributed by atoms with Crippen molar-refractivity contribution in [3.63, 3.8) is 0 Å². The molecule has 1 N–H and O–H groups in total. The second-order valence-electron chi connectivity index (χ2n) is 8.88. The summed E-state index contributed by atoms with van der Waals surface area (Å²) in [6, 6.07) is 9.41. The lowest BCUT2D eigenvalue weighted by molar-refractivity contribution is 0.0484. The number of hydrogen-bond acceptors (Lipinski definition) is 4. The number of carboxylic acid groups (broad SMARTS) is 1. The van der Waals surface area contributed by atoms with Gasteiger partial charge in [0.15, 0.2) is 0 Å². The fourth-order valence-corrected chi connectivity index (χ4v) is 5.40. The largest absolute Gasteiger partial charge is 0.465 e. The third-order valence-corrected chi connectivity index (χ3v) is 7.30. The number of carbonyl (C=O) groups excluding carboxylic acids is 1. The Hall–Kier alpha value is -3.19. The van der Waals surface area contributed by atoms with Gasteiger partial charge in [-0.3, -0.25) is 14.8 Å². The van der Waals surface area contributed by atoms with Gasteiger partial charge in [-0.05, 0) is 67.5 Å². The maximum atomic E-state index is 13.2. The number of piperazine rings is 1. The minimum Gasteiger partial charge on any atom is -0.465 e. The van der Waals surface area contributed by atoms with Crippen LogP contribution in [0.2, 0.25) is 5.02 Å². The van der Waals surface area contributed by atoms with Crippen LogP contribution in [0.1, 0.15) is 46.4 Å². The summed E-state index contributed by atoms with van der Waals surface area (Å²) in [6.45, 7) is 2.87. The summed E-state index contributed by atoms with van der Waals surface area (Å²) in [5.74, 6) is 0.262. The Morgan fingerprint density at radius 3 is 2.67 bits per heavy atom. The molecule has 2 aromatic heterocycles. The van der Waals surface area contributed by atoms with Crippen molar-refractivity contribution in [1.82, 2.24) is 19.8 Å². The first-order valence-corrected chi connectivity index (χ1v) is 11.6. The van der Waals surface area contributed by atoms with Crippen molar-refractivity contribution in [1.29, 1.82) is 0 Å². The van der Waals surface area contributed by atoms with E-state index in [1.165, 1.54) is 10.5 Å². The quantitative estimate of drug-likeness (QED) is 0.608. The number of benzene rings is 1. The molecule has 0 spiro atoms. The Labute approximate surface area is 197 Å². The van der Waals surface area contributed by atoms with E-state index in [1.807, 2.05) is 31.5 Å². The van der Waals surface area contributed by atoms with E-state index in [2.05, 4.69) is 17.1 Å². The predicted octanol–water partition coefficient (Wildman–Crippen LogP) is 4.38. The van der Waals surface area contributed by atoms with Gasteiger partial charge >= 0.3 is 6.09 Å². The Kier molecular flexibility index (Phi) is 5.66. The highest BCUT2D eigenvalue weighted by Crippen LogP contribution is 2.38. The highest BCUT2D eigenvalue weighted by atomic mass is 35.5. The summed E-state index contributed by atoms with van der Waals surface area (Å²) >= 11 is 6.80. The molecule has 1 fully saturated rings. The van der Waals surface area contributed by atoms with Gasteiger partial charge in [0.25, 0.3) is 5.91 Å². The number of rotatable bonds is 2. The molecular weight excluding hydrogens is 440 g/mol. The fourth-order valence-electron chi connectivity index (χ4n) is 5.04. The smallest absolute Gasteiger partial charge is 0.407 e. The Morgan fingerprint density at radius 1 is 1.15 bits per heavy atom. The number of nitrogens with zero attached hydrogens (tertiary/aromatic N) is 4. The van der Waals surface area contributed by atoms with Gasteiger partial charge in [-0.2, -0.15) is 0 Å². The predicted molar refractivity (Wildman–Crippen MR) is 126 cm³/mol. The lowest BCUT2D eigenvalue weighted by Crippen LogP contribution is -2.55. The van der Waals surface area contributed by atoms with E-state index in [0.29, 0.717) is 31.1 Å². The first kappa shape index (κ1) is 21.6. The number of pyridine rings is 2. The normalized spacial score (nSPS) is 20.5. The van der Waals surface area contributed by atoms with Gasteiger partial charge in [-0.15, -0.1) is 0 Å². The van der Waals surface area contributed by atoms with E-state index in [1.54, 1.807) is 11.0 Å². The van der Waals surface area contributed by atoms with Gasteiger partial charge in [0, 0.05) is 54.7 Å². The molecule has 3 aromatic rings. The molecule has 2 aliphatic rings. The number of halogens is 1. The monoisotopic (exact) mass is 464 g/mol. The Bertz CT molecular complexity index is 1230. The third-order valence-electron chi connectivity index (χ3n) is 6.87. The van der Waals surface area contributed by atoms with Gasteiger partial charge in [0.05, 0.1) is 10.5 Å². The first-order chi connectivity index (χ1) is 15.9. The molecule has 2 atom stereocenters. The molecule has 0 bridgehead atoms. The number of fused-ring (bicyclic) bond motifs is 2. The van der Waals surface area contributed by atoms with Crippen LogP contribution >= 0.6 is 11.6 Å². The highest BCUT2D eigenvalue weighted by Gasteiger charge is 2.31. The molecule has 2 amide bonds. The van der Waals surface area contributed by atoms with E-state index >= 15 is 0 Å². The second kappa shape index (κ2) is 8.63. The fraction of sp³-hybridized carbons (Fsp3) is 0.360. The molecule has 1 unspecified atom stereocenters. The molecule has 5 rings (SSSR count). The Morgan fingerprint density at radius 2 is 1.94 bits per heavy atom. The summed E-state index contributed by atoms with van der Waals surface area (Å²) in [4.78, 5) is 36.6. The molecule has 1 aromatic carbocycles. The zero-order valence-electron chi connectivity index (χ0n) is 18.4. The van der Waals surface area contributed by atoms with Crippen LogP contribution in [0, 0.1) is 0 Å². The molecule has 0 saturated carbocycles. The van der Waals surface area contributed by atoms with Crippen molar-refractivity contribution in [3.05, 3.63) is 70.1 Å². The van der Waals surface area contributed by atoms with Crippen molar-refractivity contribution < 1.29 is 14.7 Å². The molecule has 170 valence electrons. The van der Waals surface area contributed by atoms with Gasteiger partial charge in [-0.25, -0.2) is 4.79 Å². The molecule has 1 saturated heterocycles. The molecule has 1 aliphatic carbocycles. The van der Waals surface area contributed by atoms with Crippen molar-refractivity contribution in [2.75, 3.05) is 19.6 Å². The molecule has 0 radical (unpaired) electrons. The van der Waals surface area contributed by atoms with Crippen LogP contribution in [0.5, 0.6) is 0 Å². The maximum absolute atomic E-state index is 13.2. The first-order valence-electron chi connectivity index (χ1n) is 11.2. The van der Waals surface area contributed by atoms with Crippen LogP contribution in [0.25, 0.3) is 10.9 Å². The third kappa shape index (κ3) is 4.02. The molecule has 3 heterocycles. The number of amides is 2. The van der Waals surface area contributed by atoms with Crippen molar-refractivity contribution in [2.45, 2.75) is 38.1 Å². The number of carbonyl (C=O) groups is 2. The van der Waals surface area contributed by atoms with Gasteiger partial charge in [0.2, 0.25) is 0 Å². The molecule has 7 nitrogen and oxygen atoms in total. The SMILES string of the molecule is C[C@H]1CN(C(=O)O)CCN1C(=O)c1ccc2c(Cl)c3c(nc2c1)CC(c1ccncc1)CC3. The average Bonchev–Trinajstić information content (AvgIpc) is 2.83. The standard InChI is InChI=1S/C25H25ClN4O3/c1-15-14-29(25(32)33)10-11-30(15)24(31)18-3-5-20-22(13-18)28-21-12-17(2-4-19(21)23(20)26)16-6-8-27-9-7-16/h3,5-9,13,15,17H,2,4,10-12,14H2,1H3,(H,32,33)/t15-,17?/m0/s1. The van der Waals surface area contributed by atoms with Crippen molar-refractivity contribution in [2.24, 2.45) is 0 Å². The highest BCUT2D eigenvalue weighted by molar-refractivity contribution is 6.36. The summed E-state index contributed by atoms with van der Waals surface area (Å²) in [5, 5.41) is 10.8. The molecular formula is C25H25ClN4O3.